The number of aromatic nitrogens is 6. The van der Waals surface area contributed by atoms with Crippen molar-refractivity contribution in [1.82, 2.24) is 29.7 Å². The van der Waals surface area contributed by atoms with E-state index in [0.717, 1.165) is 5.56 Å². The molecule has 0 saturated heterocycles. The lowest BCUT2D eigenvalue weighted by molar-refractivity contribution is 0.618. The third-order valence-electron chi connectivity index (χ3n) is 4.69. The van der Waals surface area contributed by atoms with Gasteiger partial charge in [-0.05, 0) is 36.8 Å². The molecule has 0 spiro atoms. The fourth-order valence-corrected chi connectivity index (χ4v) is 3.57. The Morgan fingerprint density at radius 1 is 1.07 bits per heavy atom. The molecule has 0 bridgehead atoms. The number of rotatable bonds is 2. The Kier molecular flexibility index (Phi) is 4.13. The highest BCUT2D eigenvalue weighted by atomic mass is 35.5. The molecule has 1 aromatic carbocycles. The van der Waals surface area contributed by atoms with Crippen LogP contribution in [-0.4, -0.2) is 35.4 Å². The first-order valence-electron chi connectivity index (χ1n) is 8.81. The van der Waals surface area contributed by atoms with E-state index < -0.39 is 5.82 Å². The molecule has 4 heterocycles. The maximum atomic E-state index is 14.6. The quantitative estimate of drug-likeness (QED) is 0.509. The SMILES string of the molecule is Cc1ccc2c(c1Cl)C(c1ncccc1F)=NCc1nnc(-c3ccncn3)n1-2. The number of nitrogens with zero attached hydrogens (tertiary/aromatic N) is 7. The van der Waals surface area contributed by atoms with E-state index in [1.54, 1.807) is 12.3 Å². The average Bonchev–Trinajstić information content (AvgIpc) is 3.09. The van der Waals surface area contributed by atoms with Crippen LogP contribution in [0, 0.1) is 12.7 Å². The Morgan fingerprint density at radius 3 is 2.76 bits per heavy atom. The largest absolute Gasteiger partial charge is 0.275 e. The van der Waals surface area contributed by atoms with E-state index in [2.05, 4.69) is 30.1 Å². The lowest BCUT2D eigenvalue weighted by atomic mass is 10.0. The summed E-state index contributed by atoms with van der Waals surface area (Å²) in [7, 11) is 0. The van der Waals surface area contributed by atoms with Crippen molar-refractivity contribution in [3.05, 3.63) is 82.5 Å². The number of fused-ring (bicyclic) bond motifs is 3. The minimum absolute atomic E-state index is 0.142. The number of aryl methyl sites for hydroxylation is 1. The standard InChI is InChI=1S/C20H13ClFN7/c1-11-4-5-14-16(17(11)21)19(18-12(22)3-2-7-24-18)25-9-15-27-28-20(29(14)15)13-6-8-23-10-26-13/h2-8,10H,9H2,1H3. The Bertz CT molecular complexity index is 1270. The van der Waals surface area contributed by atoms with Gasteiger partial charge in [-0.1, -0.05) is 17.7 Å². The third kappa shape index (κ3) is 2.80. The van der Waals surface area contributed by atoms with Crippen LogP contribution in [0.4, 0.5) is 4.39 Å². The smallest absolute Gasteiger partial charge is 0.187 e. The molecule has 0 fully saturated rings. The molecule has 0 unspecified atom stereocenters. The lowest BCUT2D eigenvalue weighted by Crippen LogP contribution is -2.13. The zero-order chi connectivity index (χ0) is 20.0. The second-order valence-electron chi connectivity index (χ2n) is 6.46. The zero-order valence-electron chi connectivity index (χ0n) is 15.2. The van der Waals surface area contributed by atoms with E-state index >= 15 is 0 Å². The van der Waals surface area contributed by atoms with Crippen molar-refractivity contribution in [3.63, 3.8) is 0 Å². The highest BCUT2D eigenvalue weighted by Gasteiger charge is 2.28. The van der Waals surface area contributed by atoms with Crippen molar-refractivity contribution >= 4 is 17.3 Å². The second-order valence-corrected chi connectivity index (χ2v) is 6.84. The molecule has 0 amide bonds. The van der Waals surface area contributed by atoms with Gasteiger partial charge in [0.25, 0.3) is 0 Å². The molecule has 0 saturated carbocycles. The van der Waals surface area contributed by atoms with Crippen LogP contribution in [0.5, 0.6) is 0 Å². The maximum absolute atomic E-state index is 14.6. The number of benzene rings is 1. The van der Waals surface area contributed by atoms with Gasteiger partial charge in [0.1, 0.15) is 24.3 Å². The molecule has 0 atom stereocenters. The highest BCUT2D eigenvalue weighted by Crippen LogP contribution is 2.34. The summed E-state index contributed by atoms with van der Waals surface area (Å²) in [4.78, 5) is 17.1. The molecule has 0 radical (unpaired) electrons. The molecule has 0 N–H and O–H groups in total. The summed E-state index contributed by atoms with van der Waals surface area (Å²) in [5.74, 6) is 0.649. The van der Waals surface area contributed by atoms with Gasteiger partial charge in [0.2, 0.25) is 0 Å². The first-order valence-corrected chi connectivity index (χ1v) is 9.19. The molecule has 1 aliphatic heterocycles. The van der Waals surface area contributed by atoms with E-state index in [9.17, 15) is 4.39 Å². The predicted octanol–water partition coefficient (Wildman–Crippen LogP) is 3.57. The molecule has 0 aliphatic carbocycles. The summed E-state index contributed by atoms with van der Waals surface area (Å²) >= 11 is 6.70. The number of halogens is 2. The normalized spacial score (nSPS) is 12.7. The van der Waals surface area contributed by atoms with E-state index in [1.165, 1.54) is 24.7 Å². The van der Waals surface area contributed by atoms with Crippen LogP contribution in [0.15, 0.2) is 54.0 Å². The van der Waals surface area contributed by atoms with Gasteiger partial charge in [-0.3, -0.25) is 14.5 Å². The Hall–Kier alpha value is -3.52. The molecule has 7 nitrogen and oxygen atoms in total. The van der Waals surface area contributed by atoms with Crippen LogP contribution >= 0.6 is 11.6 Å². The van der Waals surface area contributed by atoms with Crippen molar-refractivity contribution in [2.24, 2.45) is 4.99 Å². The Balaban J connectivity index is 1.82. The van der Waals surface area contributed by atoms with Crippen LogP contribution < -0.4 is 0 Å². The molecule has 3 aromatic heterocycles. The van der Waals surface area contributed by atoms with Gasteiger partial charge < -0.3 is 0 Å². The van der Waals surface area contributed by atoms with Crippen molar-refractivity contribution in [1.29, 1.82) is 0 Å². The summed E-state index contributed by atoms with van der Waals surface area (Å²) in [5.41, 5.74) is 3.24. The summed E-state index contributed by atoms with van der Waals surface area (Å²) < 4.78 is 16.4. The van der Waals surface area contributed by atoms with Crippen LogP contribution in [0.2, 0.25) is 5.02 Å². The molecule has 4 aromatic rings. The fourth-order valence-electron chi connectivity index (χ4n) is 3.32. The van der Waals surface area contributed by atoms with E-state index in [-0.39, 0.29) is 12.2 Å². The number of pyridine rings is 1. The number of hydrogen-bond donors (Lipinski definition) is 0. The monoisotopic (exact) mass is 405 g/mol. The average molecular weight is 406 g/mol. The number of hydrogen-bond acceptors (Lipinski definition) is 6. The van der Waals surface area contributed by atoms with Gasteiger partial charge >= 0.3 is 0 Å². The Labute approximate surface area is 170 Å². The zero-order valence-corrected chi connectivity index (χ0v) is 16.0. The first kappa shape index (κ1) is 17.6. The minimum atomic E-state index is -0.469. The van der Waals surface area contributed by atoms with Crippen molar-refractivity contribution < 1.29 is 4.39 Å². The molecular weight excluding hydrogens is 393 g/mol. The van der Waals surface area contributed by atoms with Gasteiger partial charge in [-0.2, -0.15) is 0 Å². The van der Waals surface area contributed by atoms with Gasteiger partial charge in [-0.25, -0.2) is 14.4 Å². The van der Waals surface area contributed by atoms with Crippen LogP contribution in [0.25, 0.3) is 17.2 Å². The summed E-state index contributed by atoms with van der Waals surface area (Å²) in [5, 5.41) is 9.05. The van der Waals surface area contributed by atoms with Crippen LogP contribution in [-0.2, 0) is 6.54 Å². The Morgan fingerprint density at radius 2 is 1.97 bits per heavy atom. The third-order valence-corrected chi connectivity index (χ3v) is 5.18. The predicted molar refractivity (Wildman–Crippen MR) is 106 cm³/mol. The molecular formula is C20H13ClFN7. The molecule has 9 heteroatoms. The topological polar surface area (TPSA) is 81.7 Å². The molecule has 29 heavy (non-hydrogen) atoms. The molecule has 5 rings (SSSR count). The number of aliphatic imine (C=N–C) groups is 1. The van der Waals surface area contributed by atoms with Gasteiger partial charge in [-0.15, -0.1) is 10.2 Å². The van der Waals surface area contributed by atoms with Gasteiger partial charge in [0.15, 0.2) is 17.5 Å². The second kappa shape index (κ2) is 6.82. The van der Waals surface area contributed by atoms with Crippen LogP contribution in [0.3, 0.4) is 0 Å². The fraction of sp³-hybridized carbons (Fsp3) is 0.100. The van der Waals surface area contributed by atoms with Crippen molar-refractivity contribution in [2.75, 3.05) is 0 Å². The summed E-state index contributed by atoms with van der Waals surface area (Å²) in [6, 6.07) is 8.43. The van der Waals surface area contributed by atoms with Crippen LogP contribution in [0.1, 0.15) is 22.6 Å². The van der Waals surface area contributed by atoms with Gasteiger partial charge in [0, 0.05) is 18.0 Å². The maximum Gasteiger partial charge on any atom is 0.187 e. The minimum Gasteiger partial charge on any atom is -0.275 e. The lowest BCUT2D eigenvalue weighted by Gasteiger charge is -2.16. The van der Waals surface area contributed by atoms with Crippen molar-refractivity contribution in [3.8, 4) is 17.2 Å². The summed E-state index contributed by atoms with van der Waals surface area (Å²) in [6.07, 6.45) is 4.61. The van der Waals surface area contributed by atoms with Gasteiger partial charge in [0.05, 0.1) is 16.4 Å². The summed E-state index contributed by atoms with van der Waals surface area (Å²) in [6.45, 7) is 2.08. The van der Waals surface area contributed by atoms with E-state index in [0.29, 0.717) is 39.3 Å². The van der Waals surface area contributed by atoms with Crippen molar-refractivity contribution in [2.45, 2.75) is 13.5 Å². The van der Waals surface area contributed by atoms with E-state index in [1.807, 2.05) is 23.6 Å². The van der Waals surface area contributed by atoms with E-state index in [4.69, 9.17) is 11.6 Å². The first-order chi connectivity index (χ1) is 14.1. The molecule has 1 aliphatic rings. The molecule has 142 valence electrons. The highest BCUT2D eigenvalue weighted by molar-refractivity contribution is 6.36.